The Balaban J connectivity index is 0.000000543. The number of aromatic nitrogens is 1. The van der Waals surface area contributed by atoms with Crippen molar-refractivity contribution in [3.05, 3.63) is 67.3 Å². The third kappa shape index (κ3) is 11.4. The maximum absolute atomic E-state index is 4.76. The van der Waals surface area contributed by atoms with Crippen molar-refractivity contribution in [1.82, 2.24) is 4.98 Å². The van der Waals surface area contributed by atoms with E-state index in [1.54, 1.807) is 0 Å². The van der Waals surface area contributed by atoms with E-state index in [0.717, 1.165) is 22.8 Å². The first kappa shape index (κ1) is 30.5. The molecule has 32 heavy (non-hydrogen) atoms. The van der Waals surface area contributed by atoms with E-state index in [4.69, 9.17) is 4.99 Å². The number of rotatable bonds is 3. The van der Waals surface area contributed by atoms with Crippen molar-refractivity contribution in [2.24, 2.45) is 9.98 Å². The van der Waals surface area contributed by atoms with Crippen molar-refractivity contribution in [1.29, 1.82) is 0 Å². The predicted molar refractivity (Wildman–Crippen MR) is 139 cm³/mol. The minimum absolute atomic E-state index is 0. The number of pyridine rings is 1. The van der Waals surface area contributed by atoms with E-state index in [-0.39, 0.29) is 12.8 Å². The Hall–Kier alpha value is -1.49. The molecule has 0 saturated heterocycles. The standard InChI is InChI=1S/C13H18N2.C13H19N.CH3.ClH.Co/c1-11(13-9-5-6-10-14-13)15-12-7-3-2-4-8-12;1-10(2)14-12-9-7-6-8-11(12)13(3,4)5;;;/h5-6,9-10,12H,2-4,7-8H2,1H3;6-9H,1-5H3;1H3;1H;/q;;-1;;+2/p-1. The molecular weight excluding hydrogens is 461 g/mol. The zero-order chi connectivity index (χ0) is 23.3. The molecule has 1 heterocycles. The van der Waals surface area contributed by atoms with Crippen LogP contribution in [0.15, 0.2) is 58.6 Å². The molecule has 3 rings (SSSR count). The molecule has 0 unspecified atom stereocenters. The Kier molecular flexibility index (Phi) is 15.4. The van der Waals surface area contributed by atoms with Gasteiger partial charge in [0.25, 0.3) is 0 Å². The van der Waals surface area contributed by atoms with Crippen molar-refractivity contribution < 1.29 is 14.8 Å². The van der Waals surface area contributed by atoms with E-state index in [2.05, 4.69) is 80.9 Å². The summed E-state index contributed by atoms with van der Waals surface area (Å²) in [7, 11) is 4.33. The van der Waals surface area contributed by atoms with Crippen LogP contribution in [0.1, 0.15) is 84.9 Å². The number of halogens is 1. The topological polar surface area (TPSA) is 37.6 Å². The molecule has 1 saturated carbocycles. The van der Waals surface area contributed by atoms with Crippen LogP contribution >= 0.6 is 10.1 Å². The van der Waals surface area contributed by atoms with Gasteiger partial charge in [-0.05, 0) is 62.8 Å². The van der Waals surface area contributed by atoms with Gasteiger partial charge in [-0.2, -0.15) is 0 Å². The third-order valence-electron chi connectivity index (χ3n) is 5.04. The number of aliphatic imine (C=N–C) groups is 2. The Morgan fingerprint density at radius 1 is 0.938 bits per heavy atom. The van der Waals surface area contributed by atoms with E-state index in [1.165, 1.54) is 37.7 Å². The second-order valence-electron chi connectivity index (χ2n) is 9.05. The van der Waals surface area contributed by atoms with Crippen LogP contribution in [0.4, 0.5) is 5.69 Å². The second kappa shape index (κ2) is 16.2. The van der Waals surface area contributed by atoms with Crippen LogP contribution in [0.3, 0.4) is 0 Å². The van der Waals surface area contributed by atoms with Gasteiger partial charge >= 0.3 is 25.0 Å². The van der Waals surface area contributed by atoms with Crippen LogP contribution in [0, 0.1) is 7.43 Å². The summed E-state index contributed by atoms with van der Waals surface area (Å²) in [4.78, 5) is 13.6. The van der Waals surface area contributed by atoms with Crippen LogP contribution in [0.5, 0.6) is 0 Å². The summed E-state index contributed by atoms with van der Waals surface area (Å²) in [5.41, 5.74) is 5.77. The minimum atomic E-state index is 0. The number of nitrogens with zero attached hydrogens (tertiary/aromatic N) is 3. The van der Waals surface area contributed by atoms with Crippen molar-refractivity contribution in [2.75, 3.05) is 0 Å². The molecule has 1 aliphatic carbocycles. The number of para-hydroxylation sites is 1. The molecule has 1 aromatic carbocycles. The second-order valence-corrected chi connectivity index (χ2v) is 9.05. The number of hydrogen-bond acceptors (Lipinski definition) is 3. The van der Waals surface area contributed by atoms with Gasteiger partial charge in [-0.1, -0.05) is 64.3 Å². The molecule has 3 nitrogen and oxygen atoms in total. The maximum atomic E-state index is 4.76. The number of benzene rings is 1. The van der Waals surface area contributed by atoms with Gasteiger partial charge in [0.2, 0.25) is 0 Å². The van der Waals surface area contributed by atoms with E-state index < -0.39 is 0 Å². The average molecular weight is 501 g/mol. The summed E-state index contributed by atoms with van der Waals surface area (Å²) in [5.74, 6) is 0. The Morgan fingerprint density at radius 3 is 2.06 bits per heavy atom. The van der Waals surface area contributed by atoms with Gasteiger partial charge in [0, 0.05) is 11.9 Å². The SMILES string of the molecule is CC(=NC1CCCCC1)c1ccccn1.CC(C)=Nc1ccccc1C(C)(C)C.[CH3-].[Cl][Co+]. The predicted octanol–water partition coefficient (Wildman–Crippen LogP) is 8.46. The Labute approximate surface area is 209 Å². The summed E-state index contributed by atoms with van der Waals surface area (Å²) >= 11 is 3.03. The molecule has 0 aliphatic heterocycles. The molecule has 179 valence electrons. The zero-order valence-electron chi connectivity index (χ0n) is 20.8. The van der Waals surface area contributed by atoms with Gasteiger partial charge < -0.3 is 7.43 Å². The van der Waals surface area contributed by atoms with E-state index in [9.17, 15) is 0 Å². The van der Waals surface area contributed by atoms with Crippen LogP contribution in [-0.4, -0.2) is 22.4 Å². The van der Waals surface area contributed by atoms with Gasteiger partial charge in [-0.3, -0.25) is 15.0 Å². The normalized spacial score (nSPS) is 14.1. The van der Waals surface area contributed by atoms with Crippen LogP contribution in [-0.2, 0) is 20.3 Å². The summed E-state index contributed by atoms with van der Waals surface area (Å²) in [6, 6.07) is 14.9. The first-order chi connectivity index (χ1) is 14.8. The molecule has 0 N–H and O–H groups in total. The van der Waals surface area contributed by atoms with E-state index in [0.29, 0.717) is 6.04 Å². The molecule has 5 heteroatoms. The average Bonchev–Trinajstić information content (AvgIpc) is 2.76. The molecule has 0 bridgehead atoms. The van der Waals surface area contributed by atoms with Crippen LogP contribution in [0.25, 0.3) is 0 Å². The quantitative estimate of drug-likeness (QED) is 0.307. The summed E-state index contributed by atoms with van der Waals surface area (Å²) in [6.45, 7) is 12.8. The fraction of sp³-hybridized carbons (Fsp3) is 0.481. The zero-order valence-corrected chi connectivity index (χ0v) is 22.6. The van der Waals surface area contributed by atoms with Crippen molar-refractivity contribution in [3.63, 3.8) is 0 Å². The van der Waals surface area contributed by atoms with Gasteiger partial charge in [0.05, 0.1) is 23.1 Å². The summed E-state index contributed by atoms with van der Waals surface area (Å²) < 4.78 is 0. The fourth-order valence-corrected chi connectivity index (χ4v) is 3.57. The molecule has 0 amide bonds. The molecule has 0 atom stereocenters. The first-order valence-corrected chi connectivity index (χ1v) is 12.4. The summed E-state index contributed by atoms with van der Waals surface area (Å²) in [5, 5.41) is 0. The van der Waals surface area contributed by atoms with E-state index in [1.807, 2.05) is 44.3 Å². The molecular formula is C27H40ClCoN3. The van der Waals surface area contributed by atoms with E-state index >= 15 is 0 Å². The van der Waals surface area contributed by atoms with Gasteiger partial charge in [0.15, 0.2) is 0 Å². The summed E-state index contributed by atoms with van der Waals surface area (Å²) in [6.07, 6.45) is 8.39. The van der Waals surface area contributed by atoms with Crippen molar-refractivity contribution >= 4 is 27.3 Å². The molecule has 1 aromatic heterocycles. The van der Waals surface area contributed by atoms with Gasteiger partial charge in [-0.15, -0.1) is 0 Å². The molecule has 1 aliphatic rings. The van der Waals surface area contributed by atoms with Crippen molar-refractivity contribution in [2.45, 2.75) is 85.1 Å². The number of hydrogen-bond donors (Lipinski definition) is 0. The van der Waals surface area contributed by atoms with Crippen LogP contribution in [0.2, 0.25) is 0 Å². The van der Waals surface area contributed by atoms with Gasteiger partial charge in [-0.25, -0.2) is 0 Å². The van der Waals surface area contributed by atoms with Crippen LogP contribution < -0.4 is 0 Å². The third-order valence-corrected chi connectivity index (χ3v) is 5.04. The monoisotopic (exact) mass is 500 g/mol. The Bertz CT molecular complexity index is 816. The molecule has 1 fully saturated rings. The van der Waals surface area contributed by atoms with Gasteiger partial charge in [0.1, 0.15) is 0 Å². The molecule has 0 radical (unpaired) electrons. The Morgan fingerprint density at radius 2 is 1.53 bits per heavy atom. The fourth-order valence-electron chi connectivity index (χ4n) is 3.57. The molecule has 0 spiro atoms. The molecule has 2 aromatic rings. The first-order valence-electron chi connectivity index (χ1n) is 11.0. The van der Waals surface area contributed by atoms with Crippen molar-refractivity contribution in [3.8, 4) is 0 Å².